The van der Waals surface area contributed by atoms with Crippen LogP contribution in [-0.4, -0.2) is 17.2 Å². The maximum absolute atomic E-state index is 11.5. The zero-order valence-corrected chi connectivity index (χ0v) is 11.4. The molecule has 0 saturated carbocycles. The maximum atomic E-state index is 11.5. The summed E-state index contributed by atoms with van der Waals surface area (Å²) in [7, 11) is 0. The molecule has 0 saturated heterocycles. The fourth-order valence-electron chi connectivity index (χ4n) is 1.78. The van der Waals surface area contributed by atoms with Gasteiger partial charge < -0.3 is 5.32 Å². The van der Waals surface area contributed by atoms with Gasteiger partial charge in [0.25, 0.3) is 5.91 Å². The first-order valence-corrected chi connectivity index (χ1v) is 6.42. The van der Waals surface area contributed by atoms with Gasteiger partial charge in [0.05, 0.1) is 0 Å². The topological polar surface area (TPSA) is 61.4 Å². The third-order valence-electron chi connectivity index (χ3n) is 2.66. The van der Waals surface area contributed by atoms with E-state index in [1.807, 2.05) is 19.1 Å². The summed E-state index contributed by atoms with van der Waals surface area (Å²) in [5.41, 5.74) is 3.49. The molecule has 1 rings (SSSR count). The second kappa shape index (κ2) is 7.24. The Labute approximate surface area is 112 Å². The Morgan fingerprint density at radius 1 is 1.44 bits per heavy atom. The Morgan fingerprint density at radius 3 is 2.72 bits per heavy atom. The summed E-state index contributed by atoms with van der Waals surface area (Å²) in [6, 6.07) is 5.07. The summed E-state index contributed by atoms with van der Waals surface area (Å²) in [6.45, 7) is 3.99. The Bertz CT molecular complexity index is 390. The molecule has 0 spiro atoms. The minimum Gasteiger partial charge on any atom is -0.374 e. The maximum Gasteiger partial charge on any atom is 0.265 e. The Kier molecular flexibility index (Phi) is 5.95. The number of unbranched alkanes of at least 4 members (excludes halogenated alkanes) is 1. The number of halogens is 1. The molecule has 1 atom stereocenters. The predicted octanol–water partition coefficient (Wildman–Crippen LogP) is 3.12. The smallest absolute Gasteiger partial charge is 0.265 e. The minimum atomic E-state index is -0.451. The number of carbonyl (C=O) groups excluding carboxylic acids is 1. The molecule has 5 heteroatoms. The number of hydrogen-bond acceptors (Lipinski definition) is 3. The van der Waals surface area contributed by atoms with Crippen molar-refractivity contribution in [3.05, 3.63) is 28.8 Å². The van der Waals surface area contributed by atoms with Crippen LogP contribution in [0, 0.1) is 6.92 Å². The highest BCUT2D eigenvalue weighted by atomic mass is 35.5. The van der Waals surface area contributed by atoms with E-state index in [9.17, 15) is 4.79 Å². The van der Waals surface area contributed by atoms with Gasteiger partial charge in [-0.1, -0.05) is 31.4 Å². The molecule has 1 aromatic rings. The largest absolute Gasteiger partial charge is 0.374 e. The number of rotatable bonds is 6. The standard InChI is InChI=1S/C13H19ClN2O2/c1-3-4-5-12(13(17)16-18)15-11-7-9(2)6-10(14)8-11/h6-8,12,15,18H,3-5H2,1-2H3,(H,16,17). The zero-order chi connectivity index (χ0) is 13.5. The first kappa shape index (κ1) is 14.8. The highest BCUT2D eigenvalue weighted by molar-refractivity contribution is 6.30. The molecule has 4 nitrogen and oxygen atoms in total. The monoisotopic (exact) mass is 270 g/mol. The number of carbonyl (C=O) groups is 1. The highest BCUT2D eigenvalue weighted by Gasteiger charge is 2.17. The van der Waals surface area contributed by atoms with E-state index < -0.39 is 11.9 Å². The summed E-state index contributed by atoms with van der Waals surface area (Å²) < 4.78 is 0. The van der Waals surface area contributed by atoms with E-state index in [4.69, 9.17) is 16.8 Å². The molecular weight excluding hydrogens is 252 g/mol. The fraction of sp³-hybridized carbons (Fsp3) is 0.462. The Morgan fingerprint density at radius 2 is 2.17 bits per heavy atom. The van der Waals surface area contributed by atoms with E-state index in [0.717, 1.165) is 24.1 Å². The lowest BCUT2D eigenvalue weighted by atomic mass is 10.1. The lowest BCUT2D eigenvalue weighted by Gasteiger charge is -2.18. The second-order valence-electron chi connectivity index (χ2n) is 4.33. The lowest BCUT2D eigenvalue weighted by molar-refractivity contribution is -0.130. The molecule has 0 aromatic heterocycles. The van der Waals surface area contributed by atoms with E-state index in [1.165, 1.54) is 0 Å². The van der Waals surface area contributed by atoms with Gasteiger partial charge in [-0.3, -0.25) is 10.0 Å². The first-order chi connectivity index (χ1) is 8.56. The molecule has 0 bridgehead atoms. The molecule has 3 N–H and O–H groups in total. The molecule has 0 heterocycles. The number of aryl methyl sites for hydroxylation is 1. The third-order valence-corrected chi connectivity index (χ3v) is 2.87. The number of benzene rings is 1. The van der Waals surface area contributed by atoms with Crippen LogP contribution in [0.1, 0.15) is 31.7 Å². The van der Waals surface area contributed by atoms with Crippen LogP contribution < -0.4 is 10.8 Å². The molecule has 18 heavy (non-hydrogen) atoms. The van der Waals surface area contributed by atoms with Crippen LogP contribution in [0.25, 0.3) is 0 Å². The van der Waals surface area contributed by atoms with Crippen LogP contribution >= 0.6 is 11.6 Å². The van der Waals surface area contributed by atoms with E-state index in [1.54, 1.807) is 11.5 Å². The quantitative estimate of drug-likeness (QED) is 0.550. The number of amides is 1. The van der Waals surface area contributed by atoms with Crippen molar-refractivity contribution in [2.45, 2.75) is 39.2 Å². The first-order valence-electron chi connectivity index (χ1n) is 6.04. The van der Waals surface area contributed by atoms with Crippen LogP contribution in [0.4, 0.5) is 5.69 Å². The van der Waals surface area contributed by atoms with E-state index >= 15 is 0 Å². The number of nitrogens with one attached hydrogen (secondary N) is 2. The van der Waals surface area contributed by atoms with Crippen LogP contribution in [0.5, 0.6) is 0 Å². The second-order valence-corrected chi connectivity index (χ2v) is 4.77. The van der Waals surface area contributed by atoms with Crippen molar-refractivity contribution in [3.8, 4) is 0 Å². The molecule has 1 amide bonds. The van der Waals surface area contributed by atoms with Crippen LogP contribution in [-0.2, 0) is 4.79 Å². The summed E-state index contributed by atoms with van der Waals surface area (Å²) in [5, 5.41) is 12.4. The van der Waals surface area contributed by atoms with Crippen molar-refractivity contribution in [3.63, 3.8) is 0 Å². The predicted molar refractivity (Wildman–Crippen MR) is 73.1 cm³/mol. The molecule has 0 aliphatic heterocycles. The van der Waals surface area contributed by atoms with E-state index in [-0.39, 0.29) is 0 Å². The van der Waals surface area contributed by atoms with Gasteiger partial charge >= 0.3 is 0 Å². The Balaban J connectivity index is 2.78. The van der Waals surface area contributed by atoms with Crippen molar-refractivity contribution in [2.24, 2.45) is 0 Å². The van der Waals surface area contributed by atoms with Gasteiger partial charge in [0.2, 0.25) is 0 Å². The molecule has 1 aromatic carbocycles. The number of anilines is 1. The summed E-state index contributed by atoms with van der Waals surface area (Å²) in [5.74, 6) is -0.430. The third kappa shape index (κ3) is 4.55. The summed E-state index contributed by atoms with van der Waals surface area (Å²) >= 11 is 5.96. The van der Waals surface area contributed by atoms with E-state index in [2.05, 4.69) is 12.2 Å². The van der Waals surface area contributed by atoms with Crippen LogP contribution in [0.2, 0.25) is 5.02 Å². The van der Waals surface area contributed by atoms with E-state index in [0.29, 0.717) is 11.4 Å². The normalized spacial score (nSPS) is 12.0. The number of hydrogen-bond donors (Lipinski definition) is 3. The molecule has 100 valence electrons. The molecule has 0 aliphatic rings. The summed E-state index contributed by atoms with van der Waals surface area (Å²) in [4.78, 5) is 11.5. The van der Waals surface area contributed by atoms with Gasteiger partial charge in [-0.2, -0.15) is 0 Å². The van der Waals surface area contributed by atoms with Crippen LogP contribution in [0.15, 0.2) is 18.2 Å². The molecule has 1 unspecified atom stereocenters. The highest BCUT2D eigenvalue weighted by Crippen LogP contribution is 2.20. The number of hydroxylamine groups is 1. The van der Waals surface area contributed by atoms with Crippen LogP contribution in [0.3, 0.4) is 0 Å². The molecule has 0 fully saturated rings. The van der Waals surface area contributed by atoms with Gasteiger partial charge in [0.15, 0.2) is 0 Å². The molecular formula is C13H19ClN2O2. The fourth-order valence-corrected chi connectivity index (χ4v) is 2.07. The van der Waals surface area contributed by atoms with Gasteiger partial charge in [0.1, 0.15) is 6.04 Å². The SMILES string of the molecule is CCCCC(Nc1cc(C)cc(Cl)c1)C(=O)NO. The zero-order valence-electron chi connectivity index (χ0n) is 10.7. The van der Waals surface area contributed by atoms with Crippen molar-refractivity contribution in [1.29, 1.82) is 0 Å². The average Bonchev–Trinajstić information content (AvgIpc) is 2.32. The van der Waals surface area contributed by atoms with Crippen molar-refractivity contribution < 1.29 is 10.0 Å². The molecule has 0 aliphatic carbocycles. The van der Waals surface area contributed by atoms with Gasteiger partial charge in [0, 0.05) is 10.7 Å². The van der Waals surface area contributed by atoms with Crippen molar-refractivity contribution in [1.82, 2.24) is 5.48 Å². The van der Waals surface area contributed by atoms with Gasteiger partial charge in [-0.05, 0) is 37.1 Å². The molecule has 0 radical (unpaired) electrons. The summed E-state index contributed by atoms with van der Waals surface area (Å²) in [6.07, 6.45) is 2.56. The minimum absolute atomic E-state index is 0.430. The van der Waals surface area contributed by atoms with Gasteiger partial charge in [-0.15, -0.1) is 0 Å². The average molecular weight is 271 g/mol. The van der Waals surface area contributed by atoms with Crippen molar-refractivity contribution >= 4 is 23.2 Å². The van der Waals surface area contributed by atoms with Gasteiger partial charge in [-0.25, -0.2) is 5.48 Å². The van der Waals surface area contributed by atoms with Crippen molar-refractivity contribution in [2.75, 3.05) is 5.32 Å². The Hall–Kier alpha value is -1.26. The lowest BCUT2D eigenvalue weighted by Crippen LogP contribution is -2.38.